The summed E-state index contributed by atoms with van der Waals surface area (Å²) >= 11 is 3.13. The monoisotopic (exact) mass is 217 g/mol. The van der Waals surface area contributed by atoms with E-state index in [9.17, 15) is 0 Å². The Labute approximate surface area is 76.8 Å². The van der Waals surface area contributed by atoms with Crippen LogP contribution >= 0.6 is 0 Å². The molecule has 0 bridgehead atoms. The minimum atomic E-state index is 1.03. The first kappa shape index (κ1) is 9.02. The second-order valence-corrected chi connectivity index (χ2v) is 4.21. The van der Waals surface area contributed by atoms with Crippen molar-refractivity contribution in [2.75, 3.05) is 13.1 Å². The van der Waals surface area contributed by atoms with E-state index in [2.05, 4.69) is 34.0 Å². The summed E-state index contributed by atoms with van der Waals surface area (Å²) in [5, 5.41) is 0. The van der Waals surface area contributed by atoms with Crippen molar-refractivity contribution in [3.8, 4) is 0 Å². The van der Waals surface area contributed by atoms with Crippen LogP contribution in [0, 0.1) is 0 Å². The molecule has 0 N–H and O–H groups in total. The van der Waals surface area contributed by atoms with Crippen LogP contribution in [0.4, 0.5) is 0 Å². The van der Waals surface area contributed by atoms with Crippen LogP contribution in [-0.2, 0) is 0 Å². The van der Waals surface area contributed by atoms with Gasteiger partial charge >= 0.3 is 76.4 Å². The van der Waals surface area contributed by atoms with Crippen LogP contribution in [-0.4, -0.2) is 38.1 Å². The van der Waals surface area contributed by atoms with E-state index >= 15 is 0 Å². The average molecular weight is 216 g/mol. The quantitative estimate of drug-likeness (QED) is 0.508. The number of likely N-dealkylation sites (tertiary alicyclic amines) is 1. The summed E-state index contributed by atoms with van der Waals surface area (Å²) in [4.78, 5) is 2.43. The molecule has 0 atom stereocenters. The van der Waals surface area contributed by atoms with Crippen molar-refractivity contribution in [2.24, 2.45) is 0 Å². The van der Waals surface area contributed by atoms with Gasteiger partial charge in [0.25, 0.3) is 0 Å². The van der Waals surface area contributed by atoms with Crippen molar-refractivity contribution in [1.29, 1.82) is 0 Å². The van der Waals surface area contributed by atoms with Gasteiger partial charge in [-0.25, -0.2) is 0 Å². The summed E-state index contributed by atoms with van der Waals surface area (Å²) in [6.07, 6.45) is 3.72. The molecule has 2 heteroatoms. The van der Waals surface area contributed by atoms with E-state index in [0.717, 1.165) is 6.42 Å². The van der Waals surface area contributed by atoms with Crippen LogP contribution in [0.2, 0.25) is 0 Å². The number of rotatable bonds is 3. The molecule has 0 unspecified atom stereocenters. The molecular weight excluding hydrogens is 201 g/mol. The topological polar surface area (TPSA) is 3.24 Å². The van der Waals surface area contributed by atoms with Gasteiger partial charge in [0.2, 0.25) is 0 Å². The van der Waals surface area contributed by atoms with Crippen LogP contribution in [0.25, 0.3) is 0 Å². The van der Waals surface area contributed by atoms with Gasteiger partial charge in [-0.3, -0.25) is 0 Å². The van der Waals surface area contributed by atoms with E-state index in [1.807, 2.05) is 0 Å². The van der Waals surface area contributed by atoms with E-state index in [4.69, 9.17) is 0 Å². The summed E-state index contributed by atoms with van der Waals surface area (Å²) in [6, 6.07) is 0. The van der Waals surface area contributed by atoms with E-state index in [1.165, 1.54) is 36.0 Å². The van der Waals surface area contributed by atoms with Gasteiger partial charge in [0.15, 0.2) is 0 Å². The molecule has 0 amide bonds. The molecule has 1 nitrogen and oxygen atoms in total. The first-order chi connectivity index (χ1) is 5.20. The zero-order valence-corrected chi connectivity index (χ0v) is 8.81. The van der Waals surface area contributed by atoms with Gasteiger partial charge in [-0.15, -0.1) is 0 Å². The van der Waals surface area contributed by atoms with Crippen molar-refractivity contribution < 1.29 is 0 Å². The normalized spacial score (nSPS) is 17.0. The summed E-state index contributed by atoms with van der Waals surface area (Å²) in [6.45, 7) is 8.44. The third-order valence-electron chi connectivity index (χ3n) is 1.91. The molecular formula is C9H15NSe. The predicted octanol–water partition coefficient (Wildman–Crippen LogP) is 1.35. The van der Waals surface area contributed by atoms with E-state index in [1.54, 1.807) is 0 Å². The van der Waals surface area contributed by atoms with Gasteiger partial charge in [-0.2, -0.15) is 0 Å². The molecule has 1 heterocycles. The fraction of sp³-hybridized carbons (Fsp3) is 0.667. The van der Waals surface area contributed by atoms with Gasteiger partial charge in [-0.1, -0.05) is 0 Å². The Morgan fingerprint density at radius 1 is 1.45 bits per heavy atom. The Morgan fingerprint density at radius 2 is 2.00 bits per heavy atom. The zero-order valence-electron chi connectivity index (χ0n) is 7.10. The second-order valence-electron chi connectivity index (χ2n) is 3.22. The van der Waals surface area contributed by atoms with E-state index < -0.39 is 0 Å². The Hall–Kier alpha value is -0.0705. The summed E-state index contributed by atoms with van der Waals surface area (Å²) < 4.78 is 1.37. The maximum absolute atomic E-state index is 3.90. The molecule has 1 fully saturated rings. The van der Waals surface area contributed by atoms with Crippen molar-refractivity contribution in [2.45, 2.75) is 26.2 Å². The molecule has 1 aliphatic rings. The molecule has 0 saturated carbocycles. The average Bonchev–Trinajstić information content (AvgIpc) is 2.35. The SMILES string of the molecule is C=C(C)CC(=[Se])N1CCCC1. The molecule has 0 aromatic heterocycles. The molecule has 11 heavy (non-hydrogen) atoms. The molecule has 0 radical (unpaired) electrons. The Kier molecular flexibility index (Phi) is 3.35. The number of nitrogens with zero attached hydrogens (tertiary/aromatic N) is 1. The van der Waals surface area contributed by atoms with Crippen LogP contribution in [0.15, 0.2) is 12.2 Å². The molecule has 1 saturated heterocycles. The molecule has 0 aliphatic carbocycles. The third kappa shape index (κ3) is 2.80. The summed E-state index contributed by atoms with van der Waals surface area (Å²) in [7, 11) is 0. The number of hydrogen-bond acceptors (Lipinski definition) is 1. The third-order valence-corrected chi connectivity index (χ3v) is 2.76. The molecule has 1 aliphatic heterocycles. The predicted molar refractivity (Wildman–Crippen MR) is 51.0 cm³/mol. The van der Waals surface area contributed by atoms with Gasteiger partial charge in [-0.05, 0) is 0 Å². The first-order valence-electron chi connectivity index (χ1n) is 4.12. The van der Waals surface area contributed by atoms with Crippen molar-refractivity contribution in [3.05, 3.63) is 12.2 Å². The Bertz CT molecular complexity index is 168. The van der Waals surface area contributed by atoms with Crippen LogP contribution < -0.4 is 0 Å². The van der Waals surface area contributed by atoms with Gasteiger partial charge < -0.3 is 0 Å². The van der Waals surface area contributed by atoms with E-state index in [-0.39, 0.29) is 0 Å². The first-order valence-corrected chi connectivity index (χ1v) is 4.98. The van der Waals surface area contributed by atoms with Crippen LogP contribution in [0.5, 0.6) is 0 Å². The van der Waals surface area contributed by atoms with Crippen LogP contribution in [0.1, 0.15) is 26.2 Å². The molecule has 1 rings (SSSR count). The second kappa shape index (κ2) is 4.08. The van der Waals surface area contributed by atoms with Gasteiger partial charge in [0, 0.05) is 0 Å². The molecule has 0 aromatic rings. The molecule has 0 aromatic carbocycles. The minimum absolute atomic E-state index is 1.03. The fourth-order valence-electron chi connectivity index (χ4n) is 1.34. The maximum atomic E-state index is 3.90. The Balaban J connectivity index is 2.34. The van der Waals surface area contributed by atoms with Crippen LogP contribution in [0.3, 0.4) is 0 Å². The van der Waals surface area contributed by atoms with Gasteiger partial charge in [0.1, 0.15) is 0 Å². The molecule has 0 spiro atoms. The standard InChI is InChI=1S/C9H15NSe/c1-8(2)7-9(11)10-5-3-4-6-10/h1,3-7H2,2H3. The van der Waals surface area contributed by atoms with Crippen molar-refractivity contribution >= 4 is 20.1 Å². The van der Waals surface area contributed by atoms with Gasteiger partial charge in [0.05, 0.1) is 0 Å². The Morgan fingerprint density at radius 3 is 2.45 bits per heavy atom. The zero-order chi connectivity index (χ0) is 8.27. The summed E-state index contributed by atoms with van der Waals surface area (Å²) in [5.74, 6) is 0. The van der Waals surface area contributed by atoms with E-state index in [0.29, 0.717) is 0 Å². The molecule has 62 valence electrons. The van der Waals surface area contributed by atoms with Crippen molar-refractivity contribution in [1.82, 2.24) is 4.90 Å². The summed E-state index contributed by atoms with van der Waals surface area (Å²) in [5.41, 5.74) is 1.24. The number of hydrogen-bond donors (Lipinski definition) is 0. The fourth-order valence-corrected chi connectivity index (χ4v) is 2.24. The van der Waals surface area contributed by atoms with Crippen molar-refractivity contribution in [3.63, 3.8) is 0 Å².